The first kappa shape index (κ1) is 11.7. The van der Waals surface area contributed by atoms with Crippen molar-refractivity contribution in [3.05, 3.63) is 58.6 Å². The van der Waals surface area contributed by atoms with Crippen molar-refractivity contribution < 1.29 is 4.79 Å². The van der Waals surface area contributed by atoms with Crippen LogP contribution in [0, 0.1) is 0 Å². The van der Waals surface area contributed by atoms with Gasteiger partial charge in [0, 0.05) is 10.0 Å². The monoisotopic (exact) mass is 318 g/mol. The van der Waals surface area contributed by atoms with E-state index in [0.29, 0.717) is 5.56 Å². The van der Waals surface area contributed by atoms with Crippen LogP contribution in [-0.4, -0.2) is 5.24 Å². The van der Waals surface area contributed by atoms with Gasteiger partial charge in [-0.05, 0) is 49.1 Å². The van der Waals surface area contributed by atoms with Crippen molar-refractivity contribution in [3.8, 4) is 0 Å². The molecular weight excluding hydrogens is 312 g/mol. The molecule has 0 saturated carbocycles. The third-order valence-corrected chi connectivity index (χ3v) is 4.11. The molecule has 0 aliphatic carbocycles. The number of halogens is 2. The van der Waals surface area contributed by atoms with Crippen molar-refractivity contribution in [3.63, 3.8) is 0 Å². The molecule has 18 heavy (non-hydrogen) atoms. The molecule has 3 rings (SSSR count). The van der Waals surface area contributed by atoms with Gasteiger partial charge in [0.15, 0.2) is 0 Å². The second-order valence-corrected chi connectivity index (χ2v) is 5.19. The molecule has 0 amide bonds. The molecule has 1 nitrogen and oxygen atoms in total. The molecular formula is C15H8BrClO. The van der Waals surface area contributed by atoms with Crippen LogP contribution in [0.15, 0.2) is 53.0 Å². The van der Waals surface area contributed by atoms with Crippen LogP contribution in [0.3, 0.4) is 0 Å². The molecule has 3 aromatic carbocycles. The van der Waals surface area contributed by atoms with Crippen LogP contribution >= 0.6 is 27.5 Å². The van der Waals surface area contributed by atoms with Crippen LogP contribution in [0.1, 0.15) is 10.4 Å². The van der Waals surface area contributed by atoms with Crippen molar-refractivity contribution >= 4 is 54.3 Å². The minimum Gasteiger partial charge on any atom is -0.276 e. The van der Waals surface area contributed by atoms with E-state index in [1.165, 1.54) is 0 Å². The Kier molecular flexibility index (Phi) is 2.84. The van der Waals surface area contributed by atoms with Crippen molar-refractivity contribution in [1.29, 1.82) is 0 Å². The lowest BCUT2D eigenvalue weighted by Gasteiger charge is -2.10. The topological polar surface area (TPSA) is 17.1 Å². The Morgan fingerprint density at radius 2 is 1.22 bits per heavy atom. The number of carbonyl (C=O) groups is 1. The smallest absolute Gasteiger partial charge is 0.253 e. The van der Waals surface area contributed by atoms with E-state index in [9.17, 15) is 4.79 Å². The lowest BCUT2D eigenvalue weighted by Crippen LogP contribution is -1.94. The molecule has 0 heterocycles. The molecule has 3 aromatic rings. The maximum atomic E-state index is 11.7. The maximum absolute atomic E-state index is 11.7. The lowest BCUT2D eigenvalue weighted by atomic mass is 9.97. The van der Waals surface area contributed by atoms with Crippen molar-refractivity contribution in [2.45, 2.75) is 0 Å². The van der Waals surface area contributed by atoms with Crippen LogP contribution in [0.2, 0.25) is 0 Å². The minimum absolute atomic E-state index is 0.421. The van der Waals surface area contributed by atoms with Crippen LogP contribution in [0.4, 0.5) is 0 Å². The predicted octanol–water partition coefficient (Wildman–Crippen LogP) is 5.13. The molecule has 0 N–H and O–H groups in total. The number of benzene rings is 3. The van der Waals surface area contributed by atoms with Gasteiger partial charge in [0.25, 0.3) is 5.24 Å². The summed E-state index contributed by atoms with van der Waals surface area (Å²) < 4.78 is 0.996. The summed E-state index contributed by atoms with van der Waals surface area (Å²) in [5.41, 5.74) is 0.575. The zero-order valence-electron chi connectivity index (χ0n) is 9.28. The molecule has 0 radical (unpaired) electrons. The van der Waals surface area contributed by atoms with Gasteiger partial charge >= 0.3 is 0 Å². The molecule has 0 saturated heterocycles. The summed E-state index contributed by atoms with van der Waals surface area (Å²) in [7, 11) is 0. The van der Waals surface area contributed by atoms with Crippen molar-refractivity contribution in [2.24, 2.45) is 0 Å². The van der Waals surface area contributed by atoms with Gasteiger partial charge in [-0.15, -0.1) is 0 Å². The van der Waals surface area contributed by atoms with Gasteiger partial charge in [-0.25, -0.2) is 0 Å². The van der Waals surface area contributed by atoms with E-state index in [0.717, 1.165) is 26.0 Å². The fourth-order valence-corrected chi connectivity index (χ4v) is 3.18. The predicted molar refractivity (Wildman–Crippen MR) is 79.3 cm³/mol. The van der Waals surface area contributed by atoms with Crippen molar-refractivity contribution in [1.82, 2.24) is 0 Å². The van der Waals surface area contributed by atoms with Crippen LogP contribution in [0.25, 0.3) is 21.5 Å². The Labute approximate surface area is 117 Å². The Morgan fingerprint density at radius 3 is 1.61 bits per heavy atom. The summed E-state index contributed by atoms with van der Waals surface area (Å²) in [6.45, 7) is 0. The lowest BCUT2D eigenvalue weighted by molar-refractivity contribution is 0.108. The highest BCUT2D eigenvalue weighted by atomic mass is 79.9. The van der Waals surface area contributed by atoms with E-state index >= 15 is 0 Å². The van der Waals surface area contributed by atoms with Gasteiger partial charge in [-0.2, -0.15) is 0 Å². The number of carbonyl (C=O) groups excluding carboxylic acids is 1. The molecule has 0 aromatic heterocycles. The second kappa shape index (κ2) is 4.38. The first-order valence-electron chi connectivity index (χ1n) is 5.49. The van der Waals surface area contributed by atoms with E-state index in [-0.39, 0.29) is 0 Å². The molecule has 0 unspecified atom stereocenters. The van der Waals surface area contributed by atoms with Crippen LogP contribution < -0.4 is 0 Å². The molecule has 0 atom stereocenters. The van der Waals surface area contributed by atoms with E-state index in [1.807, 2.05) is 48.5 Å². The second-order valence-electron chi connectivity index (χ2n) is 4.05. The number of hydrogen-bond donors (Lipinski definition) is 0. The number of hydrogen-bond acceptors (Lipinski definition) is 1. The zero-order chi connectivity index (χ0) is 12.7. The average molecular weight is 320 g/mol. The zero-order valence-corrected chi connectivity index (χ0v) is 11.6. The summed E-state index contributed by atoms with van der Waals surface area (Å²) in [5, 5.41) is 3.33. The van der Waals surface area contributed by atoms with Gasteiger partial charge in [-0.1, -0.05) is 48.5 Å². The fourth-order valence-electron chi connectivity index (χ4n) is 2.29. The van der Waals surface area contributed by atoms with Crippen LogP contribution in [-0.2, 0) is 0 Å². The molecule has 88 valence electrons. The summed E-state index contributed by atoms with van der Waals surface area (Å²) in [5.74, 6) is 0. The highest BCUT2D eigenvalue weighted by molar-refractivity contribution is 9.10. The molecule has 0 spiro atoms. The van der Waals surface area contributed by atoms with Gasteiger partial charge in [0.2, 0.25) is 0 Å². The van der Waals surface area contributed by atoms with E-state index in [1.54, 1.807) is 0 Å². The highest BCUT2D eigenvalue weighted by Crippen LogP contribution is 2.36. The number of fused-ring (bicyclic) bond motifs is 2. The summed E-state index contributed by atoms with van der Waals surface area (Å²) in [6.07, 6.45) is 0. The Balaban J connectivity index is 2.67. The van der Waals surface area contributed by atoms with E-state index in [2.05, 4.69) is 15.9 Å². The highest BCUT2D eigenvalue weighted by Gasteiger charge is 2.15. The Bertz CT molecular complexity index is 723. The summed E-state index contributed by atoms with van der Waals surface area (Å²) >= 11 is 9.37. The molecule has 3 heteroatoms. The normalized spacial score (nSPS) is 11.0. The fraction of sp³-hybridized carbons (Fsp3) is 0. The minimum atomic E-state index is -0.421. The maximum Gasteiger partial charge on any atom is 0.253 e. The molecule has 0 aliphatic heterocycles. The SMILES string of the molecule is O=C(Cl)c1c2ccccc2c(Br)c2ccccc12. The van der Waals surface area contributed by atoms with Crippen LogP contribution in [0.5, 0.6) is 0 Å². The van der Waals surface area contributed by atoms with Crippen molar-refractivity contribution in [2.75, 3.05) is 0 Å². The standard InChI is InChI=1S/C15H8BrClO/c16-14-11-7-3-1-5-9(11)13(15(17)18)10-6-2-4-8-12(10)14/h1-8H. The number of rotatable bonds is 1. The first-order chi connectivity index (χ1) is 8.70. The Morgan fingerprint density at radius 1 is 0.833 bits per heavy atom. The van der Waals surface area contributed by atoms with E-state index in [4.69, 9.17) is 11.6 Å². The molecule has 0 fully saturated rings. The van der Waals surface area contributed by atoms with Gasteiger partial charge in [0.05, 0.1) is 0 Å². The van der Waals surface area contributed by atoms with Gasteiger partial charge in [0.1, 0.15) is 0 Å². The summed E-state index contributed by atoms with van der Waals surface area (Å²) in [6, 6.07) is 15.5. The third-order valence-electron chi connectivity index (χ3n) is 3.06. The third kappa shape index (κ3) is 1.64. The van der Waals surface area contributed by atoms with Gasteiger partial charge in [-0.3, -0.25) is 4.79 Å². The molecule has 0 aliphatic rings. The van der Waals surface area contributed by atoms with Gasteiger partial charge < -0.3 is 0 Å². The van der Waals surface area contributed by atoms with E-state index < -0.39 is 5.24 Å². The average Bonchev–Trinajstić information content (AvgIpc) is 2.39. The quantitative estimate of drug-likeness (QED) is 0.448. The largest absolute Gasteiger partial charge is 0.276 e. The first-order valence-corrected chi connectivity index (χ1v) is 6.66. The molecule has 0 bridgehead atoms. The summed E-state index contributed by atoms with van der Waals surface area (Å²) in [4.78, 5) is 11.7. The Hall–Kier alpha value is -1.38.